The molecule has 0 unspecified atom stereocenters. The van der Waals surface area contributed by atoms with Gasteiger partial charge in [0, 0.05) is 5.03 Å². The van der Waals surface area contributed by atoms with Crippen LogP contribution in [0.4, 0.5) is 4.39 Å². The van der Waals surface area contributed by atoms with Crippen LogP contribution in [0.5, 0.6) is 5.75 Å². The second-order valence-electron chi connectivity index (χ2n) is 3.32. The summed E-state index contributed by atoms with van der Waals surface area (Å²) in [7, 11) is 0. The summed E-state index contributed by atoms with van der Waals surface area (Å²) in [4.78, 5) is 11.2. The fourth-order valence-corrected chi connectivity index (χ4v) is 1.17. The average Bonchev–Trinajstić information content (AvgIpc) is 2.29. The van der Waals surface area contributed by atoms with Crippen molar-refractivity contribution in [3.05, 3.63) is 41.7 Å². The number of ether oxygens (including phenoxy) is 1. The normalized spacial score (nSPS) is 9.76. The Morgan fingerprint density at radius 1 is 1.47 bits per heavy atom. The Morgan fingerprint density at radius 2 is 2.18 bits per heavy atom. The molecule has 0 fully saturated rings. The van der Waals surface area contributed by atoms with Crippen LogP contribution in [0.15, 0.2) is 35.9 Å². The summed E-state index contributed by atoms with van der Waals surface area (Å²) >= 11 is 5.48. The summed E-state index contributed by atoms with van der Waals surface area (Å²) in [6, 6.07) is 6.04. The lowest BCUT2D eigenvalue weighted by Gasteiger charge is -2.07. The summed E-state index contributed by atoms with van der Waals surface area (Å²) in [5, 5.41) is 2.89. The molecule has 0 atom stereocenters. The molecule has 17 heavy (non-hydrogen) atoms. The Labute approximate surface area is 104 Å². The third-order valence-corrected chi connectivity index (χ3v) is 2.03. The van der Waals surface area contributed by atoms with E-state index in [4.69, 9.17) is 16.3 Å². The minimum Gasteiger partial charge on any atom is -0.490 e. The van der Waals surface area contributed by atoms with Gasteiger partial charge in [0.05, 0.1) is 19.6 Å². The standard InChI is InChI=1S/C12H13ClFNO2/c1-9(13)8-15-12(16)6-7-17-11-5-3-2-4-10(11)14/h2-5H,1,6-8H2,(H,15,16). The number of nitrogens with one attached hydrogen (secondary N) is 1. The van der Waals surface area contributed by atoms with Crippen molar-refractivity contribution in [3.8, 4) is 5.75 Å². The van der Waals surface area contributed by atoms with Crippen molar-refractivity contribution in [2.45, 2.75) is 6.42 Å². The van der Waals surface area contributed by atoms with Crippen LogP contribution in [0, 0.1) is 5.82 Å². The molecule has 0 spiro atoms. The van der Waals surface area contributed by atoms with Crippen LogP contribution in [-0.2, 0) is 4.79 Å². The van der Waals surface area contributed by atoms with Crippen LogP contribution < -0.4 is 10.1 Å². The van der Waals surface area contributed by atoms with Crippen LogP contribution in [0.3, 0.4) is 0 Å². The molecule has 1 aromatic rings. The highest BCUT2D eigenvalue weighted by molar-refractivity contribution is 6.29. The molecule has 0 radical (unpaired) electrons. The fourth-order valence-electron chi connectivity index (χ4n) is 1.10. The van der Waals surface area contributed by atoms with E-state index in [0.717, 1.165) is 0 Å². The Morgan fingerprint density at radius 3 is 2.82 bits per heavy atom. The topological polar surface area (TPSA) is 38.3 Å². The number of rotatable bonds is 6. The van der Waals surface area contributed by atoms with Gasteiger partial charge < -0.3 is 10.1 Å². The predicted octanol–water partition coefficient (Wildman–Crippen LogP) is 2.46. The van der Waals surface area contributed by atoms with E-state index in [-0.39, 0.29) is 31.2 Å². The van der Waals surface area contributed by atoms with Crippen molar-refractivity contribution in [1.82, 2.24) is 5.32 Å². The van der Waals surface area contributed by atoms with E-state index >= 15 is 0 Å². The maximum absolute atomic E-state index is 13.1. The third kappa shape index (κ3) is 5.36. The molecule has 1 amide bonds. The fraction of sp³-hybridized carbons (Fsp3) is 0.250. The molecule has 0 heterocycles. The maximum Gasteiger partial charge on any atom is 0.223 e. The Bertz CT molecular complexity index is 409. The van der Waals surface area contributed by atoms with Gasteiger partial charge in [0.15, 0.2) is 11.6 Å². The molecule has 0 saturated heterocycles. The summed E-state index contributed by atoms with van der Waals surface area (Å²) in [5.41, 5.74) is 0. The number of carbonyl (C=O) groups excluding carboxylic acids is 1. The first kappa shape index (κ1) is 13.5. The van der Waals surface area contributed by atoms with Crippen LogP contribution in [0.25, 0.3) is 0 Å². The van der Waals surface area contributed by atoms with Crippen molar-refractivity contribution in [2.24, 2.45) is 0 Å². The summed E-state index contributed by atoms with van der Waals surface area (Å²) in [6.07, 6.45) is 0.137. The largest absolute Gasteiger partial charge is 0.490 e. The van der Waals surface area contributed by atoms with Crippen molar-refractivity contribution < 1.29 is 13.9 Å². The van der Waals surface area contributed by atoms with E-state index < -0.39 is 5.82 Å². The van der Waals surface area contributed by atoms with Gasteiger partial charge >= 0.3 is 0 Å². The number of hydrogen-bond acceptors (Lipinski definition) is 2. The summed E-state index contributed by atoms with van der Waals surface area (Å²) in [6.45, 7) is 3.77. The molecule has 0 bridgehead atoms. The SMILES string of the molecule is C=C(Cl)CNC(=O)CCOc1ccccc1F. The zero-order valence-corrected chi connectivity index (χ0v) is 9.97. The number of para-hydroxylation sites is 1. The van der Waals surface area contributed by atoms with Crippen molar-refractivity contribution >= 4 is 17.5 Å². The molecule has 0 saturated carbocycles. The van der Waals surface area contributed by atoms with Crippen LogP contribution >= 0.6 is 11.6 Å². The molecule has 5 heteroatoms. The smallest absolute Gasteiger partial charge is 0.223 e. The van der Waals surface area contributed by atoms with Gasteiger partial charge in [0.25, 0.3) is 0 Å². The first-order chi connectivity index (χ1) is 8.09. The van der Waals surface area contributed by atoms with E-state index in [1.165, 1.54) is 12.1 Å². The number of hydrogen-bond donors (Lipinski definition) is 1. The van der Waals surface area contributed by atoms with Crippen molar-refractivity contribution in [3.63, 3.8) is 0 Å². The van der Waals surface area contributed by atoms with E-state index in [1.807, 2.05) is 0 Å². The van der Waals surface area contributed by atoms with Gasteiger partial charge in [0.2, 0.25) is 5.91 Å². The van der Waals surface area contributed by atoms with Gasteiger partial charge in [0.1, 0.15) is 0 Å². The van der Waals surface area contributed by atoms with E-state index in [0.29, 0.717) is 5.03 Å². The molecule has 0 aliphatic rings. The van der Waals surface area contributed by atoms with Crippen LogP contribution in [0.2, 0.25) is 0 Å². The lowest BCUT2D eigenvalue weighted by Crippen LogP contribution is -2.25. The molecule has 1 aromatic carbocycles. The third-order valence-electron chi connectivity index (χ3n) is 1.90. The minimum atomic E-state index is -0.443. The molecule has 0 aliphatic carbocycles. The predicted molar refractivity (Wildman–Crippen MR) is 64.5 cm³/mol. The number of carbonyl (C=O) groups is 1. The van der Waals surface area contributed by atoms with Crippen LogP contribution in [0.1, 0.15) is 6.42 Å². The van der Waals surface area contributed by atoms with Gasteiger partial charge in [-0.05, 0) is 12.1 Å². The van der Waals surface area contributed by atoms with Crippen LogP contribution in [-0.4, -0.2) is 19.1 Å². The lowest BCUT2D eigenvalue weighted by molar-refractivity contribution is -0.121. The van der Waals surface area contributed by atoms with Crippen molar-refractivity contribution in [2.75, 3.05) is 13.2 Å². The molecule has 1 rings (SSSR count). The van der Waals surface area contributed by atoms with Gasteiger partial charge in [-0.2, -0.15) is 0 Å². The number of halogens is 2. The molecule has 3 nitrogen and oxygen atoms in total. The first-order valence-electron chi connectivity index (χ1n) is 5.07. The Balaban J connectivity index is 2.26. The van der Waals surface area contributed by atoms with Gasteiger partial charge in [-0.1, -0.05) is 30.3 Å². The lowest BCUT2D eigenvalue weighted by atomic mass is 10.3. The maximum atomic E-state index is 13.1. The highest BCUT2D eigenvalue weighted by Crippen LogP contribution is 2.15. The Hall–Kier alpha value is -1.55. The molecule has 1 N–H and O–H groups in total. The second kappa shape index (κ2) is 6.91. The number of benzene rings is 1. The summed E-state index contributed by atoms with van der Waals surface area (Å²) < 4.78 is 18.2. The average molecular weight is 258 g/mol. The van der Waals surface area contributed by atoms with Gasteiger partial charge in [-0.3, -0.25) is 4.79 Å². The zero-order valence-electron chi connectivity index (χ0n) is 9.21. The second-order valence-corrected chi connectivity index (χ2v) is 3.86. The molecule has 0 aliphatic heterocycles. The highest BCUT2D eigenvalue weighted by Gasteiger charge is 2.04. The van der Waals surface area contributed by atoms with E-state index in [2.05, 4.69) is 11.9 Å². The Kier molecular flexibility index (Phi) is 5.49. The number of amides is 1. The van der Waals surface area contributed by atoms with Crippen molar-refractivity contribution in [1.29, 1.82) is 0 Å². The summed E-state index contributed by atoms with van der Waals surface area (Å²) in [5.74, 6) is -0.521. The first-order valence-corrected chi connectivity index (χ1v) is 5.44. The molecule has 0 aromatic heterocycles. The quantitative estimate of drug-likeness (QED) is 0.850. The monoisotopic (exact) mass is 257 g/mol. The van der Waals surface area contributed by atoms with E-state index in [9.17, 15) is 9.18 Å². The molecule has 92 valence electrons. The highest BCUT2D eigenvalue weighted by atomic mass is 35.5. The molecular formula is C12H13ClFNO2. The van der Waals surface area contributed by atoms with Gasteiger partial charge in [-0.15, -0.1) is 0 Å². The van der Waals surface area contributed by atoms with E-state index in [1.54, 1.807) is 12.1 Å². The minimum absolute atomic E-state index is 0.113. The molecular weight excluding hydrogens is 245 g/mol. The van der Waals surface area contributed by atoms with Gasteiger partial charge in [-0.25, -0.2) is 4.39 Å². The zero-order chi connectivity index (χ0) is 12.7.